The highest BCUT2D eigenvalue weighted by Crippen LogP contribution is 2.17. The summed E-state index contributed by atoms with van der Waals surface area (Å²) in [5.41, 5.74) is -0.290. The van der Waals surface area contributed by atoms with Crippen molar-refractivity contribution in [1.82, 2.24) is 20.5 Å². The van der Waals surface area contributed by atoms with Crippen molar-refractivity contribution in [2.75, 3.05) is 6.61 Å². The molecule has 0 aliphatic heterocycles. The average molecular weight is 254 g/mol. The quantitative estimate of drug-likeness (QED) is 0.705. The molecule has 1 aromatic heterocycles. The first-order valence-corrected chi connectivity index (χ1v) is 6.71. The molecule has 18 heavy (non-hydrogen) atoms. The summed E-state index contributed by atoms with van der Waals surface area (Å²) in [4.78, 5) is 13.4. The maximum absolute atomic E-state index is 10.8. The molecule has 6 heteroatoms. The summed E-state index contributed by atoms with van der Waals surface area (Å²) in [6.07, 6.45) is 6.59. The Morgan fingerprint density at radius 1 is 1.44 bits per heavy atom. The van der Waals surface area contributed by atoms with E-state index in [1.165, 1.54) is 32.1 Å². The fourth-order valence-corrected chi connectivity index (χ4v) is 2.43. The average Bonchev–Trinajstić information content (AvgIpc) is 2.76. The summed E-state index contributed by atoms with van der Waals surface area (Å²) in [5.74, 6) is 0.546. The van der Waals surface area contributed by atoms with Crippen molar-refractivity contribution in [2.24, 2.45) is 0 Å². The number of nitrogens with zero attached hydrogens (tertiary/aromatic N) is 1. The first kappa shape index (κ1) is 13.3. The van der Waals surface area contributed by atoms with E-state index in [9.17, 15) is 4.79 Å². The molecule has 1 aliphatic carbocycles. The predicted molar refractivity (Wildman–Crippen MR) is 68.3 cm³/mol. The van der Waals surface area contributed by atoms with Gasteiger partial charge >= 0.3 is 5.69 Å². The molecule has 0 bridgehead atoms. The number of ether oxygens (including phenoxy) is 1. The largest absolute Gasteiger partial charge is 0.372 e. The summed E-state index contributed by atoms with van der Waals surface area (Å²) >= 11 is 0. The van der Waals surface area contributed by atoms with Crippen molar-refractivity contribution in [2.45, 2.75) is 57.7 Å². The van der Waals surface area contributed by atoms with Crippen LogP contribution in [-0.4, -0.2) is 33.9 Å². The van der Waals surface area contributed by atoms with Gasteiger partial charge in [-0.15, -0.1) is 0 Å². The molecule has 1 aliphatic rings. The number of hydrogen-bond acceptors (Lipinski definition) is 4. The Bertz CT molecular complexity index is 395. The smallest absolute Gasteiger partial charge is 0.340 e. The van der Waals surface area contributed by atoms with E-state index in [0.717, 1.165) is 0 Å². The van der Waals surface area contributed by atoms with Crippen molar-refractivity contribution in [3.8, 4) is 0 Å². The van der Waals surface area contributed by atoms with E-state index in [1.807, 2.05) is 0 Å². The summed E-state index contributed by atoms with van der Waals surface area (Å²) in [6, 6.07) is 0.973. The van der Waals surface area contributed by atoms with Crippen LogP contribution in [0.4, 0.5) is 0 Å². The van der Waals surface area contributed by atoms with Crippen LogP contribution in [0.1, 0.15) is 44.9 Å². The van der Waals surface area contributed by atoms with Crippen LogP contribution in [0.3, 0.4) is 0 Å². The summed E-state index contributed by atoms with van der Waals surface area (Å²) < 4.78 is 5.52. The highest BCUT2D eigenvalue weighted by atomic mass is 16.5. The zero-order valence-corrected chi connectivity index (χ0v) is 10.9. The van der Waals surface area contributed by atoms with Crippen LogP contribution in [-0.2, 0) is 11.3 Å². The van der Waals surface area contributed by atoms with Gasteiger partial charge in [-0.1, -0.05) is 19.3 Å². The molecule has 0 saturated heterocycles. The minimum atomic E-state index is -0.290. The zero-order valence-electron chi connectivity index (χ0n) is 10.9. The van der Waals surface area contributed by atoms with E-state index in [0.29, 0.717) is 31.1 Å². The Labute approximate surface area is 107 Å². The highest BCUT2D eigenvalue weighted by molar-refractivity contribution is 4.78. The topological polar surface area (TPSA) is 82.8 Å². The lowest BCUT2D eigenvalue weighted by molar-refractivity contribution is 0.0931. The third-order valence-electron chi connectivity index (χ3n) is 3.28. The molecule has 1 aromatic rings. The van der Waals surface area contributed by atoms with E-state index in [2.05, 4.69) is 27.4 Å². The van der Waals surface area contributed by atoms with Gasteiger partial charge in [-0.05, 0) is 19.8 Å². The van der Waals surface area contributed by atoms with Gasteiger partial charge in [0.1, 0.15) is 6.61 Å². The van der Waals surface area contributed by atoms with Crippen LogP contribution in [0.15, 0.2) is 4.79 Å². The first-order chi connectivity index (χ1) is 8.74. The molecule has 0 amide bonds. The van der Waals surface area contributed by atoms with Crippen molar-refractivity contribution < 1.29 is 4.74 Å². The fraction of sp³-hybridized carbons (Fsp3) is 0.833. The lowest BCUT2D eigenvalue weighted by atomic mass is 9.95. The van der Waals surface area contributed by atoms with Crippen LogP contribution < -0.4 is 11.0 Å². The molecule has 0 unspecified atom stereocenters. The monoisotopic (exact) mass is 254 g/mol. The van der Waals surface area contributed by atoms with Gasteiger partial charge in [0.25, 0.3) is 0 Å². The number of aromatic nitrogens is 3. The Balaban J connectivity index is 1.62. The van der Waals surface area contributed by atoms with Crippen LogP contribution in [0, 0.1) is 0 Å². The second kappa shape index (κ2) is 6.70. The maximum atomic E-state index is 10.8. The molecule has 102 valence electrons. The minimum absolute atomic E-state index is 0.290. The number of hydrogen-bond donors (Lipinski definition) is 3. The fourth-order valence-electron chi connectivity index (χ4n) is 2.43. The standard InChI is InChI=1S/C12H22N4O2/c1-9(13-10-5-3-2-4-6-10)7-18-8-11-14-12(17)16-15-11/h9-10,13H,2-8H2,1H3,(H2,14,15,16,17)/t9-/m0/s1. The van der Waals surface area contributed by atoms with Gasteiger partial charge in [-0.2, -0.15) is 5.10 Å². The molecule has 1 fully saturated rings. The number of H-pyrrole nitrogens is 2. The lowest BCUT2D eigenvalue weighted by Gasteiger charge is -2.26. The van der Waals surface area contributed by atoms with Gasteiger partial charge in [-0.3, -0.25) is 4.98 Å². The zero-order chi connectivity index (χ0) is 12.8. The van der Waals surface area contributed by atoms with Gasteiger partial charge in [0.05, 0.1) is 6.61 Å². The Morgan fingerprint density at radius 2 is 2.22 bits per heavy atom. The molecular weight excluding hydrogens is 232 g/mol. The Kier molecular flexibility index (Phi) is 4.95. The van der Waals surface area contributed by atoms with E-state index in [-0.39, 0.29) is 5.69 Å². The Morgan fingerprint density at radius 3 is 2.89 bits per heavy atom. The molecule has 0 radical (unpaired) electrons. The van der Waals surface area contributed by atoms with E-state index in [1.54, 1.807) is 0 Å². The third kappa shape index (κ3) is 4.27. The molecule has 1 heterocycles. The maximum Gasteiger partial charge on any atom is 0.340 e. The van der Waals surface area contributed by atoms with Gasteiger partial charge in [-0.25, -0.2) is 9.89 Å². The molecule has 2 rings (SSSR count). The highest BCUT2D eigenvalue weighted by Gasteiger charge is 2.15. The van der Waals surface area contributed by atoms with Crippen LogP contribution in [0.2, 0.25) is 0 Å². The van der Waals surface area contributed by atoms with Gasteiger partial charge < -0.3 is 10.1 Å². The minimum Gasteiger partial charge on any atom is -0.372 e. The van der Waals surface area contributed by atoms with Crippen LogP contribution >= 0.6 is 0 Å². The number of nitrogens with one attached hydrogen (secondary N) is 3. The van der Waals surface area contributed by atoms with E-state index < -0.39 is 0 Å². The van der Waals surface area contributed by atoms with Crippen molar-refractivity contribution in [1.29, 1.82) is 0 Å². The van der Waals surface area contributed by atoms with Crippen LogP contribution in [0.25, 0.3) is 0 Å². The molecule has 6 nitrogen and oxygen atoms in total. The summed E-state index contributed by atoms with van der Waals surface area (Å²) in [7, 11) is 0. The molecular formula is C12H22N4O2. The van der Waals surface area contributed by atoms with E-state index in [4.69, 9.17) is 4.74 Å². The van der Waals surface area contributed by atoms with E-state index >= 15 is 0 Å². The Hall–Kier alpha value is -1.14. The van der Waals surface area contributed by atoms with Crippen LogP contribution in [0.5, 0.6) is 0 Å². The lowest BCUT2D eigenvalue weighted by Crippen LogP contribution is -2.40. The third-order valence-corrected chi connectivity index (χ3v) is 3.28. The predicted octanol–water partition coefficient (Wildman–Crippen LogP) is 0.925. The molecule has 0 spiro atoms. The normalized spacial score (nSPS) is 18.9. The van der Waals surface area contributed by atoms with Crippen molar-refractivity contribution in [3.05, 3.63) is 16.3 Å². The SMILES string of the molecule is C[C@@H](COCc1n[nH]c(=O)[nH]1)NC1CCCCC1. The summed E-state index contributed by atoms with van der Waals surface area (Å²) in [6.45, 7) is 3.10. The van der Waals surface area contributed by atoms with Crippen molar-refractivity contribution >= 4 is 0 Å². The van der Waals surface area contributed by atoms with Gasteiger partial charge in [0, 0.05) is 12.1 Å². The molecule has 1 atom stereocenters. The molecule has 1 saturated carbocycles. The first-order valence-electron chi connectivity index (χ1n) is 6.71. The molecule has 0 aromatic carbocycles. The number of aromatic amines is 2. The second-order valence-electron chi connectivity index (χ2n) is 5.04. The summed E-state index contributed by atoms with van der Waals surface area (Å²) in [5, 5.41) is 9.69. The van der Waals surface area contributed by atoms with Gasteiger partial charge in [0.15, 0.2) is 5.82 Å². The number of rotatable bonds is 6. The van der Waals surface area contributed by atoms with Gasteiger partial charge in [0.2, 0.25) is 0 Å². The second-order valence-corrected chi connectivity index (χ2v) is 5.04. The van der Waals surface area contributed by atoms with Crippen molar-refractivity contribution in [3.63, 3.8) is 0 Å². The molecule has 3 N–H and O–H groups in total.